The van der Waals surface area contributed by atoms with Crippen molar-refractivity contribution in [2.45, 2.75) is 12.5 Å². The zero-order valence-corrected chi connectivity index (χ0v) is 11.8. The van der Waals surface area contributed by atoms with Gasteiger partial charge in [0.2, 0.25) is 0 Å². The van der Waals surface area contributed by atoms with Gasteiger partial charge in [-0.2, -0.15) is 5.26 Å². The van der Waals surface area contributed by atoms with Gasteiger partial charge in [0.25, 0.3) is 5.91 Å². The van der Waals surface area contributed by atoms with E-state index in [9.17, 15) is 9.90 Å². The number of aliphatic hydroxyl groups is 1. The van der Waals surface area contributed by atoms with Crippen molar-refractivity contribution in [3.8, 4) is 6.07 Å². The van der Waals surface area contributed by atoms with Crippen LogP contribution >= 0.6 is 11.6 Å². The summed E-state index contributed by atoms with van der Waals surface area (Å²) in [5.41, 5.74) is -0.844. The Morgan fingerprint density at radius 2 is 2.10 bits per heavy atom. The summed E-state index contributed by atoms with van der Waals surface area (Å²) in [7, 11) is 0. The highest BCUT2D eigenvalue weighted by Gasteiger charge is 2.33. The molecular formula is C14H11ClN4O2. The summed E-state index contributed by atoms with van der Waals surface area (Å²) in [6.45, 7) is 1.34. The molecule has 1 heterocycles. The van der Waals surface area contributed by atoms with Crippen LogP contribution in [0, 0.1) is 11.3 Å². The Bertz CT molecular complexity index is 711. The molecule has 2 aromatic rings. The first-order valence-electron chi connectivity index (χ1n) is 5.94. The molecule has 1 atom stereocenters. The molecule has 6 nitrogen and oxygen atoms in total. The van der Waals surface area contributed by atoms with Gasteiger partial charge in [0.05, 0.1) is 10.6 Å². The average Bonchev–Trinajstić information content (AvgIpc) is 2.48. The molecule has 0 aliphatic heterocycles. The number of nitrogens with one attached hydrogen (secondary N) is 1. The van der Waals surface area contributed by atoms with Crippen molar-refractivity contribution < 1.29 is 9.90 Å². The molecule has 0 aliphatic carbocycles. The Morgan fingerprint density at radius 3 is 2.67 bits per heavy atom. The molecule has 2 N–H and O–H groups in total. The van der Waals surface area contributed by atoms with Crippen LogP contribution in [0.5, 0.6) is 0 Å². The van der Waals surface area contributed by atoms with E-state index < -0.39 is 11.5 Å². The number of halogens is 1. The Kier molecular flexibility index (Phi) is 4.17. The molecule has 0 radical (unpaired) electrons. The second kappa shape index (κ2) is 5.87. The predicted molar refractivity (Wildman–Crippen MR) is 76.4 cm³/mol. The monoisotopic (exact) mass is 302 g/mol. The SMILES string of the molecule is CC(O)(C(=O)Nc1ccc(C#N)c(Cl)c1)c1cncnc1. The van der Waals surface area contributed by atoms with Crippen molar-refractivity contribution in [2.24, 2.45) is 0 Å². The lowest BCUT2D eigenvalue weighted by molar-refractivity contribution is -0.133. The first kappa shape index (κ1) is 14.9. The quantitative estimate of drug-likeness (QED) is 0.901. The summed E-state index contributed by atoms with van der Waals surface area (Å²) in [6, 6.07) is 6.37. The highest BCUT2D eigenvalue weighted by atomic mass is 35.5. The van der Waals surface area contributed by atoms with E-state index in [4.69, 9.17) is 16.9 Å². The molecule has 0 fully saturated rings. The highest BCUT2D eigenvalue weighted by Crippen LogP contribution is 2.24. The number of aromatic nitrogens is 2. The molecule has 0 bridgehead atoms. The molecule has 1 aromatic heterocycles. The van der Waals surface area contributed by atoms with E-state index >= 15 is 0 Å². The number of nitrogens with zero attached hydrogens (tertiary/aromatic N) is 3. The smallest absolute Gasteiger partial charge is 0.260 e. The van der Waals surface area contributed by atoms with Crippen molar-refractivity contribution in [3.63, 3.8) is 0 Å². The topological polar surface area (TPSA) is 98.9 Å². The molecule has 7 heteroatoms. The lowest BCUT2D eigenvalue weighted by Crippen LogP contribution is -2.37. The zero-order valence-electron chi connectivity index (χ0n) is 11.0. The maximum atomic E-state index is 12.2. The van der Waals surface area contributed by atoms with Crippen LogP contribution in [-0.4, -0.2) is 21.0 Å². The third-order valence-electron chi connectivity index (χ3n) is 2.91. The van der Waals surface area contributed by atoms with Gasteiger partial charge in [-0.15, -0.1) is 0 Å². The largest absolute Gasteiger partial charge is 0.375 e. The molecule has 0 saturated carbocycles. The number of benzene rings is 1. The summed E-state index contributed by atoms with van der Waals surface area (Å²) in [6.07, 6.45) is 4.02. The molecule has 1 unspecified atom stereocenters. The number of hydrogen-bond donors (Lipinski definition) is 2. The third-order valence-corrected chi connectivity index (χ3v) is 3.22. The lowest BCUT2D eigenvalue weighted by atomic mass is 9.98. The normalized spacial score (nSPS) is 13.0. The third kappa shape index (κ3) is 3.16. The molecular weight excluding hydrogens is 292 g/mol. The molecule has 0 saturated heterocycles. The number of rotatable bonds is 3. The zero-order chi connectivity index (χ0) is 15.5. The summed E-state index contributed by atoms with van der Waals surface area (Å²) < 4.78 is 0. The van der Waals surface area contributed by atoms with Crippen LogP contribution in [-0.2, 0) is 10.4 Å². The Hall–Kier alpha value is -2.49. The molecule has 0 spiro atoms. The Balaban J connectivity index is 2.22. The molecule has 21 heavy (non-hydrogen) atoms. The van der Waals surface area contributed by atoms with Crippen LogP contribution in [0.2, 0.25) is 5.02 Å². The van der Waals surface area contributed by atoms with E-state index in [1.54, 1.807) is 0 Å². The van der Waals surface area contributed by atoms with Gasteiger partial charge in [0.15, 0.2) is 5.60 Å². The van der Waals surface area contributed by atoms with Crippen LogP contribution in [0.3, 0.4) is 0 Å². The van der Waals surface area contributed by atoms with E-state index in [1.165, 1.54) is 43.8 Å². The Morgan fingerprint density at radius 1 is 1.43 bits per heavy atom. The number of amides is 1. The summed E-state index contributed by atoms with van der Waals surface area (Å²) >= 11 is 5.89. The van der Waals surface area contributed by atoms with Gasteiger partial charge < -0.3 is 10.4 Å². The lowest BCUT2D eigenvalue weighted by Gasteiger charge is -2.22. The molecule has 2 rings (SSSR count). The van der Waals surface area contributed by atoms with E-state index in [0.717, 1.165) is 0 Å². The van der Waals surface area contributed by atoms with Gasteiger partial charge in [0.1, 0.15) is 12.4 Å². The fourth-order valence-electron chi connectivity index (χ4n) is 1.62. The molecule has 1 aromatic carbocycles. The van der Waals surface area contributed by atoms with Crippen molar-refractivity contribution >= 4 is 23.2 Å². The van der Waals surface area contributed by atoms with Crippen LogP contribution in [0.25, 0.3) is 0 Å². The Labute approximate surface area is 126 Å². The number of hydrogen-bond acceptors (Lipinski definition) is 5. The fraction of sp³-hybridized carbons (Fsp3) is 0.143. The maximum absolute atomic E-state index is 12.2. The second-order valence-corrected chi connectivity index (χ2v) is 4.87. The minimum atomic E-state index is -1.79. The van der Waals surface area contributed by atoms with Gasteiger partial charge in [-0.3, -0.25) is 4.79 Å². The van der Waals surface area contributed by atoms with Gasteiger partial charge in [0, 0.05) is 23.6 Å². The van der Waals surface area contributed by atoms with Crippen molar-refractivity contribution in [1.29, 1.82) is 5.26 Å². The summed E-state index contributed by atoms with van der Waals surface area (Å²) in [4.78, 5) is 19.7. The van der Waals surface area contributed by atoms with E-state index in [0.29, 0.717) is 11.3 Å². The number of nitriles is 1. The first-order chi connectivity index (χ1) is 9.95. The number of carbonyl (C=O) groups is 1. The summed E-state index contributed by atoms with van der Waals surface area (Å²) in [5.74, 6) is -0.655. The minimum absolute atomic E-state index is 0.220. The average molecular weight is 303 g/mol. The van der Waals surface area contributed by atoms with Gasteiger partial charge >= 0.3 is 0 Å². The summed E-state index contributed by atoms with van der Waals surface area (Å²) in [5, 5.41) is 21.9. The molecule has 0 aliphatic rings. The van der Waals surface area contributed by atoms with Gasteiger partial charge in [-0.25, -0.2) is 9.97 Å². The van der Waals surface area contributed by atoms with Gasteiger partial charge in [-0.1, -0.05) is 11.6 Å². The van der Waals surface area contributed by atoms with E-state index in [1.807, 2.05) is 6.07 Å². The van der Waals surface area contributed by atoms with Crippen LogP contribution in [0.4, 0.5) is 5.69 Å². The maximum Gasteiger partial charge on any atom is 0.260 e. The van der Waals surface area contributed by atoms with Crippen molar-refractivity contribution in [2.75, 3.05) is 5.32 Å². The van der Waals surface area contributed by atoms with Crippen LogP contribution in [0.15, 0.2) is 36.9 Å². The first-order valence-corrected chi connectivity index (χ1v) is 6.32. The second-order valence-electron chi connectivity index (χ2n) is 4.46. The van der Waals surface area contributed by atoms with Crippen molar-refractivity contribution in [3.05, 3.63) is 53.1 Å². The number of anilines is 1. The van der Waals surface area contributed by atoms with Crippen LogP contribution < -0.4 is 5.32 Å². The predicted octanol–water partition coefficient (Wildman–Crippen LogP) is 1.85. The minimum Gasteiger partial charge on any atom is -0.375 e. The van der Waals surface area contributed by atoms with Crippen molar-refractivity contribution in [1.82, 2.24) is 9.97 Å². The van der Waals surface area contributed by atoms with E-state index in [-0.39, 0.29) is 10.6 Å². The standard InChI is InChI=1S/C14H11ClN4O2/c1-14(21,10-6-17-8-18-7-10)13(20)19-11-3-2-9(5-16)12(15)4-11/h2-4,6-8,21H,1H3,(H,19,20). The van der Waals surface area contributed by atoms with Crippen LogP contribution in [0.1, 0.15) is 18.1 Å². The molecule has 106 valence electrons. The fourth-order valence-corrected chi connectivity index (χ4v) is 1.84. The van der Waals surface area contributed by atoms with E-state index in [2.05, 4.69) is 15.3 Å². The number of carbonyl (C=O) groups excluding carboxylic acids is 1. The molecule has 1 amide bonds. The highest BCUT2D eigenvalue weighted by molar-refractivity contribution is 6.32. The van der Waals surface area contributed by atoms with Gasteiger partial charge in [-0.05, 0) is 25.1 Å².